The van der Waals surface area contributed by atoms with E-state index in [4.69, 9.17) is 5.26 Å². The Morgan fingerprint density at radius 1 is 1.32 bits per heavy atom. The Kier molecular flexibility index (Phi) is 3.69. The van der Waals surface area contributed by atoms with Gasteiger partial charge in [-0.2, -0.15) is 5.26 Å². The molecule has 94 valence electrons. The molecule has 0 atom stereocenters. The smallest absolute Gasteiger partial charge is 0.270 e. The first-order valence-corrected chi connectivity index (χ1v) is 5.52. The number of nitro benzene ring substituents is 1. The summed E-state index contributed by atoms with van der Waals surface area (Å²) in [6.07, 6.45) is 3.36. The van der Waals surface area contributed by atoms with Crippen molar-refractivity contribution in [3.63, 3.8) is 0 Å². The molecule has 0 aliphatic carbocycles. The summed E-state index contributed by atoms with van der Waals surface area (Å²) in [7, 11) is 0. The van der Waals surface area contributed by atoms with Crippen molar-refractivity contribution in [3.05, 3.63) is 64.0 Å². The molecular formula is C13H10N4O2. The van der Waals surface area contributed by atoms with E-state index < -0.39 is 4.92 Å². The van der Waals surface area contributed by atoms with Gasteiger partial charge < -0.3 is 5.32 Å². The van der Waals surface area contributed by atoms with Gasteiger partial charge in [-0.25, -0.2) is 0 Å². The monoisotopic (exact) mass is 254 g/mol. The highest BCUT2D eigenvalue weighted by molar-refractivity contribution is 5.61. The lowest BCUT2D eigenvalue weighted by molar-refractivity contribution is -0.384. The first-order valence-electron chi connectivity index (χ1n) is 5.52. The van der Waals surface area contributed by atoms with Crippen molar-refractivity contribution < 1.29 is 4.92 Å². The van der Waals surface area contributed by atoms with Crippen LogP contribution in [0.4, 0.5) is 11.4 Å². The lowest BCUT2D eigenvalue weighted by Crippen LogP contribution is -2.02. The Morgan fingerprint density at radius 2 is 2.05 bits per heavy atom. The van der Waals surface area contributed by atoms with Crippen molar-refractivity contribution in [2.75, 3.05) is 5.32 Å². The zero-order valence-corrected chi connectivity index (χ0v) is 9.91. The predicted octanol–water partition coefficient (Wildman–Crippen LogP) is 2.47. The third-order valence-electron chi connectivity index (χ3n) is 2.57. The Bertz CT molecular complexity index is 635. The number of nitro groups is 1. The molecule has 0 aliphatic rings. The number of benzene rings is 1. The number of anilines is 1. The van der Waals surface area contributed by atoms with E-state index in [9.17, 15) is 10.1 Å². The van der Waals surface area contributed by atoms with Crippen LogP contribution in [0.3, 0.4) is 0 Å². The van der Waals surface area contributed by atoms with Gasteiger partial charge in [0.1, 0.15) is 6.07 Å². The van der Waals surface area contributed by atoms with Crippen molar-refractivity contribution in [2.24, 2.45) is 0 Å². The molecule has 1 N–H and O–H groups in total. The molecule has 1 heterocycles. The van der Waals surface area contributed by atoms with Crippen LogP contribution in [0.2, 0.25) is 0 Å². The number of rotatable bonds is 4. The predicted molar refractivity (Wildman–Crippen MR) is 69.4 cm³/mol. The lowest BCUT2D eigenvalue weighted by atomic mass is 10.1. The molecule has 0 unspecified atom stereocenters. The van der Waals surface area contributed by atoms with Gasteiger partial charge in [-0.3, -0.25) is 15.1 Å². The Hall–Kier alpha value is -2.94. The Morgan fingerprint density at radius 3 is 2.68 bits per heavy atom. The molecule has 1 aromatic heterocycles. The maximum Gasteiger partial charge on any atom is 0.270 e. The van der Waals surface area contributed by atoms with Crippen LogP contribution in [-0.2, 0) is 6.54 Å². The van der Waals surface area contributed by atoms with Crippen molar-refractivity contribution >= 4 is 11.4 Å². The van der Waals surface area contributed by atoms with E-state index in [1.54, 1.807) is 12.4 Å². The second-order valence-electron chi connectivity index (χ2n) is 3.81. The summed E-state index contributed by atoms with van der Waals surface area (Å²) < 4.78 is 0. The van der Waals surface area contributed by atoms with Crippen LogP contribution in [0.15, 0.2) is 42.7 Å². The highest BCUT2D eigenvalue weighted by Gasteiger charge is 2.10. The number of nitrogens with zero attached hydrogens (tertiary/aromatic N) is 3. The molecule has 2 rings (SSSR count). The number of nitriles is 1. The topological polar surface area (TPSA) is 91.8 Å². The molecule has 0 aliphatic heterocycles. The van der Waals surface area contributed by atoms with E-state index in [0.717, 1.165) is 5.56 Å². The number of non-ortho nitro benzene ring substituents is 1. The Labute approximate surface area is 109 Å². The number of hydrogen-bond acceptors (Lipinski definition) is 5. The summed E-state index contributed by atoms with van der Waals surface area (Å²) in [5.74, 6) is 0. The van der Waals surface area contributed by atoms with Gasteiger partial charge in [0, 0.05) is 31.1 Å². The van der Waals surface area contributed by atoms with Crippen LogP contribution >= 0.6 is 0 Å². The summed E-state index contributed by atoms with van der Waals surface area (Å²) in [5, 5.41) is 22.7. The van der Waals surface area contributed by atoms with Crippen LogP contribution in [-0.4, -0.2) is 9.91 Å². The molecule has 2 aromatic rings. The van der Waals surface area contributed by atoms with Crippen molar-refractivity contribution in [1.29, 1.82) is 5.26 Å². The fraction of sp³-hybridized carbons (Fsp3) is 0.0769. The summed E-state index contributed by atoms with van der Waals surface area (Å²) in [6, 6.07) is 9.82. The molecule has 0 saturated carbocycles. The van der Waals surface area contributed by atoms with E-state index >= 15 is 0 Å². The van der Waals surface area contributed by atoms with Gasteiger partial charge in [0.25, 0.3) is 5.69 Å². The zero-order chi connectivity index (χ0) is 13.7. The highest BCUT2D eigenvalue weighted by Crippen LogP contribution is 2.21. The van der Waals surface area contributed by atoms with Crippen LogP contribution in [0.5, 0.6) is 0 Å². The van der Waals surface area contributed by atoms with Gasteiger partial charge in [0.05, 0.1) is 16.2 Å². The van der Waals surface area contributed by atoms with Gasteiger partial charge in [0.15, 0.2) is 0 Å². The van der Waals surface area contributed by atoms with E-state index in [1.165, 1.54) is 18.2 Å². The minimum absolute atomic E-state index is 0.0917. The maximum absolute atomic E-state index is 10.6. The van der Waals surface area contributed by atoms with Crippen molar-refractivity contribution in [3.8, 4) is 6.07 Å². The average Bonchev–Trinajstić information content (AvgIpc) is 2.45. The second-order valence-corrected chi connectivity index (χ2v) is 3.81. The summed E-state index contributed by atoms with van der Waals surface area (Å²) in [5.41, 5.74) is 1.75. The first-order chi connectivity index (χ1) is 9.20. The van der Waals surface area contributed by atoms with Gasteiger partial charge >= 0.3 is 0 Å². The number of aromatic nitrogens is 1. The molecule has 0 saturated heterocycles. The van der Waals surface area contributed by atoms with Crippen LogP contribution < -0.4 is 5.32 Å². The molecule has 0 amide bonds. The van der Waals surface area contributed by atoms with Gasteiger partial charge in [-0.15, -0.1) is 0 Å². The molecule has 0 spiro atoms. The van der Waals surface area contributed by atoms with E-state index in [2.05, 4.69) is 10.3 Å². The van der Waals surface area contributed by atoms with Crippen LogP contribution in [0, 0.1) is 21.4 Å². The summed E-state index contributed by atoms with van der Waals surface area (Å²) in [6.45, 7) is 0.523. The standard InChI is InChI=1S/C13H10N4O2/c14-8-11-7-12(17(18)19)1-2-13(11)16-9-10-3-5-15-6-4-10/h1-7,16H,9H2. The summed E-state index contributed by atoms with van der Waals surface area (Å²) in [4.78, 5) is 14.0. The molecular weight excluding hydrogens is 244 g/mol. The average molecular weight is 254 g/mol. The SMILES string of the molecule is N#Cc1cc([N+](=O)[O-])ccc1NCc1ccncc1. The third-order valence-corrected chi connectivity index (χ3v) is 2.57. The molecule has 19 heavy (non-hydrogen) atoms. The minimum Gasteiger partial charge on any atom is -0.380 e. The number of pyridine rings is 1. The van der Waals surface area contributed by atoms with Crippen LogP contribution in [0.1, 0.15) is 11.1 Å². The molecule has 0 bridgehead atoms. The molecule has 0 fully saturated rings. The zero-order valence-electron chi connectivity index (χ0n) is 9.91. The quantitative estimate of drug-likeness (QED) is 0.668. The van der Waals surface area contributed by atoms with Gasteiger partial charge in [-0.05, 0) is 23.8 Å². The van der Waals surface area contributed by atoms with E-state index in [-0.39, 0.29) is 11.3 Å². The van der Waals surface area contributed by atoms with Gasteiger partial charge in [-0.1, -0.05) is 0 Å². The Balaban J connectivity index is 2.17. The lowest BCUT2D eigenvalue weighted by Gasteiger charge is -2.07. The van der Waals surface area contributed by atoms with E-state index in [1.807, 2.05) is 18.2 Å². The molecule has 6 nitrogen and oxygen atoms in total. The third kappa shape index (κ3) is 3.04. The molecule has 6 heteroatoms. The fourth-order valence-electron chi connectivity index (χ4n) is 1.59. The normalized spacial score (nSPS) is 9.63. The summed E-state index contributed by atoms with van der Waals surface area (Å²) >= 11 is 0. The molecule has 1 aromatic carbocycles. The number of nitrogens with one attached hydrogen (secondary N) is 1. The van der Waals surface area contributed by atoms with Crippen molar-refractivity contribution in [2.45, 2.75) is 6.54 Å². The minimum atomic E-state index is -0.520. The maximum atomic E-state index is 10.6. The largest absolute Gasteiger partial charge is 0.380 e. The highest BCUT2D eigenvalue weighted by atomic mass is 16.6. The second kappa shape index (κ2) is 5.60. The first kappa shape index (κ1) is 12.5. The van der Waals surface area contributed by atoms with Crippen molar-refractivity contribution in [1.82, 2.24) is 4.98 Å². The van der Waals surface area contributed by atoms with E-state index in [0.29, 0.717) is 12.2 Å². The fourth-order valence-corrected chi connectivity index (χ4v) is 1.59. The number of hydrogen-bond donors (Lipinski definition) is 1. The van der Waals surface area contributed by atoms with Crippen LogP contribution in [0.25, 0.3) is 0 Å². The van der Waals surface area contributed by atoms with Gasteiger partial charge in [0.2, 0.25) is 0 Å². The molecule has 0 radical (unpaired) electrons.